The molecule has 3 aliphatic heterocycles. The van der Waals surface area contributed by atoms with E-state index in [0.717, 1.165) is 17.4 Å². The number of esters is 1. The molecule has 1 aromatic heterocycles. The predicted octanol–water partition coefficient (Wildman–Crippen LogP) is 7.47. The molecule has 28 heteroatoms. The summed E-state index contributed by atoms with van der Waals surface area (Å²) in [5.41, 5.74) is 2.77. The summed E-state index contributed by atoms with van der Waals surface area (Å²) in [6.45, 7) is 14.2. The number of aromatic nitrogens is 1. The highest BCUT2D eigenvalue weighted by molar-refractivity contribution is 9.10. The van der Waals surface area contributed by atoms with Crippen molar-refractivity contribution in [3.63, 3.8) is 0 Å². The number of carbonyl (C=O) groups is 9. The van der Waals surface area contributed by atoms with Gasteiger partial charge in [-0.15, -0.1) is 0 Å². The van der Waals surface area contributed by atoms with Crippen molar-refractivity contribution in [2.45, 2.75) is 178 Å². The molecule has 8 N–H and O–H groups in total. The van der Waals surface area contributed by atoms with Gasteiger partial charge in [-0.2, -0.15) is 0 Å². The van der Waals surface area contributed by atoms with E-state index < -0.39 is 119 Å². The Labute approximate surface area is 564 Å². The quantitative estimate of drug-likeness (QED) is 0.0135. The number of nitrogens with two attached hydrogens (primary N) is 1. The second-order valence-electron chi connectivity index (χ2n) is 25.2. The molecule has 10 atom stereocenters. The van der Waals surface area contributed by atoms with Crippen LogP contribution in [-0.2, 0) is 58.9 Å². The van der Waals surface area contributed by atoms with Gasteiger partial charge in [-0.3, -0.25) is 29.3 Å². The van der Waals surface area contributed by atoms with Crippen LogP contribution in [0.3, 0.4) is 0 Å². The monoisotopic (exact) mass is 1440 g/mol. The molecule has 0 saturated carbocycles. The van der Waals surface area contributed by atoms with E-state index in [-0.39, 0.29) is 60.5 Å². The third-order valence-corrected chi connectivity index (χ3v) is 19.4. The van der Waals surface area contributed by atoms with Crippen LogP contribution in [0.5, 0.6) is 5.75 Å². The van der Waals surface area contributed by atoms with E-state index in [9.17, 15) is 48.3 Å². The molecule has 4 heterocycles. The van der Waals surface area contributed by atoms with Gasteiger partial charge in [0.15, 0.2) is 12.0 Å². The van der Waals surface area contributed by atoms with Gasteiger partial charge in [0.1, 0.15) is 64.2 Å². The number of urea groups is 1. The van der Waals surface area contributed by atoms with Crippen LogP contribution in [0.2, 0.25) is 5.02 Å². The maximum Gasteiger partial charge on any atom is 0.409 e. The highest BCUT2D eigenvalue weighted by Crippen LogP contribution is 2.49. The molecule has 3 aromatic rings. The SMILES string of the molecule is COc1cc2cc(c1Cl)N(C)C(=O)C[C@H](OC(=O)[C@H](C)N(C)C(=O)c1ccc3nc(NC(=O)[C@H](CCCNC(N)=O)NC(=O)[C@@H](NC(=O)CCCCC(C)(C)OC(C=O)(CBr)CBr)C(C)C)ccc3c1)[C@]1(C)O[C@H]1[C@H](C)[C@@H]1C[C@@](O)(NC(=O)O1)[C@H](OC)/C=C/C=C(\C)C2. The first-order chi connectivity index (χ1) is 43.8. The van der Waals surface area contributed by atoms with Crippen molar-refractivity contribution >= 4 is 120 Å². The first kappa shape index (κ1) is 75.3. The lowest BCUT2D eigenvalue weighted by atomic mass is 9.83. The normalized spacial score (nSPS) is 23.7. The number of nitrogens with zero attached hydrogens (tertiary/aromatic N) is 3. The van der Waals surface area contributed by atoms with E-state index in [1.807, 2.05) is 26.8 Å². The van der Waals surface area contributed by atoms with Crippen LogP contribution >= 0.6 is 43.5 Å². The summed E-state index contributed by atoms with van der Waals surface area (Å²) in [7, 11) is 5.82. The van der Waals surface area contributed by atoms with E-state index in [1.165, 1.54) is 57.2 Å². The number of ether oxygens (including phenoxy) is 6. The molecule has 93 heavy (non-hydrogen) atoms. The molecular weight excluding hydrogens is 1360 g/mol. The van der Waals surface area contributed by atoms with Crippen LogP contribution < -0.4 is 42.0 Å². The van der Waals surface area contributed by atoms with E-state index >= 15 is 0 Å². The molecule has 0 aliphatic carbocycles. The molecule has 8 amide bonds. The molecule has 2 aromatic carbocycles. The first-order valence-electron chi connectivity index (χ1n) is 30.8. The molecule has 6 rings (SSSR count). The number of methoxy groups -OCH3 is 2. The average Bonchev–Trinajstić information content (AvgIpc) is 1.58. The van der Waals surface area contributed by atoms with Crippen molar-refractivity contribution in [3.8, 4) is 5.75 Å². The van der Waals surface area contributed by atoms with Crippen LogP contribution in [0, 0.1) is 11.8 Å². The van der Waals surface area contributed by atoms with Gasteiger partial charge in [0.05, 0.1) is 36.4 Å². The fourth-order valence-corrected chi connectivity index (χ4v) is 13.1. The van der Waals surface area contributed by atoms with Crippen molar-refractivity contribution in [2.75, 3.05) is 55.7 Å². The number of hydrogen-bond donors (Lipinski definition) is 7. The number of halogens is 3. The fraction of sp³-hybridized carbons (Fsp3) is 0.569. The number of aldehydes is 1. The zero-order chi connectivity index (χ0) is 68.9. The number of pyridine rings is 1. The minimum absolute atomic E-state index is 0.0568. The molecule has 2 saturated heterocycles. The Bertz CT molecular complexity index is 3310. The number of rotatable bonds is 26. The third-order valence-electron chi connectivity index (χ3n) is 17.1. The van der Waals surface area contributed by atoms with Crippen molar-refractivity contribution in [3.05, 3.63) is 82.4 Å². The number of anilines is 2. The number of benzene rings is 2. The van der Waals surface area contributed by atoms with Crippen molar-refractivity contribution in [1.82, 2.24) is 31.2 Å². The second kappa shape index (κ2) is 32.6. The van der Waals surface area contributed by atoms with Gasteiger partial charge in [-0.25, -0.2) is 19.4 Å². The maximum atomic E-state index is 14.5. The van der Waals surface area contributed by atoms with Crippen LogP contribution in [0.25, 0.3) is 10.9 Å². The lowest BCUT2D eigenvalue weighted by molar-refractivity contribution is -0.158. The summed E-state index contributed by atoms with van der Waals surface area (Å²) in [6, 6.07) is 7.08. The summed E-state index contributed by atoms with van der Waals surface area (Å²) < 4.78 is 35.8. The van der Waals surface area contributed by atoms with E-state index in [1.54, 1.807) is 70.2 Å². The van der Waals surface area contributed by atoms with Gasteiger partial charge in [-0.1, -0.05) is 94.5 Å². The van der Waals surface area contributed by atoms with E-state index in [4.69, 9.17) is 45.8 Å². The number of likely N-dealkylation sites (N-methyl/N-ethyl adjacent to an activating group) is 1. The molecule has 3 aliphatic rings. The fourth-order valence-electron chi connectivity index (χ4n) is 11.4. The molecule has 0 unspecified atom stereocenters. The molecular formula is C65H88Br2ClN9O16. The minimum atomic E-state index is -1.91. The average molecular weight is 1450 g/mol. The Morgan fingerprint density at radius 1 is 1.02 bits per heavy atom. The van der Waals surface area contributed by atoms with Gasteiger partial charge in [0, 0.05) is 68.1 Å². The van der Waals surface area contributed by atoms with Gasteiger partial charge in [0.2, 0.25) is 23.6 Å². The van der Waals surface area contributed by atoms with Crippen LogP contribution in [0.4, 0.5) is 21.1 Å². The Balaban J connectivity index is 1.16. The van der Waals surface area contributed by atoms with Crippen LogP contribution in [0.15, 0.2) is 66.3 Å². The largest absolute Gasteiger partial charge is 0.495 e. The number of epoxide rings is 1. The number of fused-ring (bicyclic) bond motifs is 6. The number of allylic oxidation sites excluding steroid dienone is 3. The second-order valence-corrected chi connectivity index (χ2v) is 26.7. The minimum Gasteiger partial charge on any atom is -0.495 e. The standard InChI is InChI=1S/C65H88Br2ClN9O16/c1-36(2)54(74-51(79)20-13-14-25-62(6,7)93-64(33-66,34-67)35-78)57(82)72-44(18-16-26-70-60(69)85)56(81)73-50-24-22-41-30-42(21-23-43(41)71-50)58(83)76(9)39(5)59(84)91-49-31-52(80)77(10)45-28-40(29-46(88-11)53(45)68)27-37(3)17-15-19-48(89-12)65(87)32-47(90-61(86)75-65)38(4)55-63(49,8)92-55/h15,17,19,21-24,28-30,35-36,38-39,44,47-49,54-55,87H,13-14,16,18,20,25-27,31-34H2,1-12H3,(H,72,82)(H,74,79)(H,75,86)(H3,69,70,85)(H,71,73,81)/b19-15+,37-17+/t38-,39+,44+,47+,48-,49+,54+,55+,63+,65+/m1/s1. The third kappa shape index (κ3) is 19.5. The van der Waals surface area contributed by atoms with Gasteiger partial charge >= 0.3 is 18.1 Å². The Morgan fingerprint density at radius 2 is 1.73 bits per heavy atom. The molecule has 510 valence electrons. The number of alkyl carbamates (subject to hydrolysis) is 1. The molecule has 2 fully saturated rings. The molecule has 0 spiro atoms. The van der Waals surface area contributed by atoms with E-state index in [0.29, 0.717) is 58.7 Å². The summed E-state index contributed by atoms with van der Waals surface area (Å²) in [5.74, 6) is -4.20. The summed E-state index contributed by atoms with van der Waals surface area (Å²) in [4.78, 5) is 128. The van der Waals surface area contributed by atoms with Gasteiger partial charge < -0.3 is 75.1 Å². The number of amides is 8. The summed E-state index contributed by atoms with van der Waals surface area (Å²) >= 11 is 13.6. The van der Waals surface area contributed by atoms with Crippen molar-refractivity contribution < 1.29 is 76.7 Å². The Kier molecular flexibility index (Phi) is 26.4. The number of aliphatic hydroxyl groups is 1. The summed E-state index contributed by atoms with van der Waals surface area (Å²) in [6.07, 6.45) is 2.87. The number of alkyl halides is 2. The molecule has 4 bridgehead atoms. The number of nitrogens with one attached hydrogen (secondary N) is 5. The highest BCUT2D eigenvalue weighted by atomic mass is 79.9. The Hall–Kier alpha value is -6.75. The van der Waals surface area contributed by atoms with Crippen LogP contribution in [-0.4, -0.2) is 179 Å². The zero-order valence-corrected chi connectivity index (χ0v) is 58.6. The molecule has 25 nitrogen and oxygen atoms in total. The van der Waals surface area contributed by atoms with Gasteiger partial charge in [0.25, 0.3) is 5.91 Å². The maximum absolute atomic E-state index is 14.5. The van der Waals surface area contributed by atoms with Crippen molar-refractivity contribution in [2.24, 2.45) is 17.6 Å². The topological polar surface area (TPSA) is 338 Å². The number of carbonyl (C=O) groups excluding carboxylic acids is 9. The lowest BCUT2D eigenvalue weighted by Crippen LogP contribution is -2.63. The van der Waals surface area contributed by atoms with E-state index in [2.05, 4.69) is 63.4 Å². The van der Waals surface area contributed by atoms with Crippen molar-refractivity contribution in [1.29, 1.82) is 0 Å². The first-order valence-corrected chi connectivity index (χ1v) is 33.4. The number of hydrogen-bond acceptors (Lipinski definition) is 17. The predicted molar refractivity (Wildman–Crippen MR) is 356 cm³/mol. The van der Waals surface area contributed by atoms with Gasteiger partial charge in [-0.05, 0) is 121 Å². The summed E-state index contributed by atoms with van der Waals surface area (Å²) in [5, 5.41) is 26.5. The molecule has 0 radical (unpaired) electrons. The zero-order valence-electron chi connectivity index (χ0n) is 54.7. The van der Waals surface area contributed by atoms with Crippen LogP contribution in [0.1, 0.15) is 123 Å². The highest BCUT2D eigenvalue weighted by Gasteiger charge is 2.64. The smallest absolute Gasteiger partial charge is 0.409 e. The number of unbranched alkanes of at least 4 members (excludes halogenated alkanes) is 1. The number of primary amides is 1. The Morgan fingerprint density at radius 3 is 2.38 bits per heavy atom. The lowest BCUT2D eigenvalue weighted by Gasteiger charge is -2.42.